The van der Waals surface area contributed by atoms with E-state index in [0.29, 0.717) is 22.8 Å². The Hall–Kier alpha value is -2.11. The van der Waals surface area contributed by atoms with E-state index in [9.17, 15) is 4.79 Å². The molecule has 0 fully saturated rings. The predicted molar refractivity (Wildman–Crippen MR) is 50.2 cm³/mol. The summed E-state index contributed by atoms with van der Waals surface area (Å²) in [5.41, 5.74) is 0.894. The summed E-state index contributed by atoms with van der Waals surface area (Å²) in [6.07, 6.45) is 3.18. The standard InChI is InChI=1S/C8H7N5O/c1-4-10-5-6(11-4)12-8-9-2-3-13(8)7(5)14/h2-3H,1H3,(H,9,12)(H,10,11). The van der Waals surface area contributed by atoms with Crippen LogP contribution in [0.3, 0.4) is 0 Å². The molecule has 3 aromatic heterocycles. The van der Waals surface area contributed by atoms with Gasteiger partial charge < -0.3 is 9.97 Å². The fraction of sp³-hybridized carbons (Fsp3) is 0.125. The van der Waals surface area contributed by atoms with E-state index in [-0.39, 0.29) is 5.56 Å². The first-order chi connectivity index (χ1) is 6.75. The van der Waals surface area contributed by atoms with Crippen molar-refractivity contribution in [3.8, 4) is 0 Å². The Balaban J connectivity index is 2.68. The van der Waals surface area contributed by atoms with Gasteiger partial charge in [-0.3, -0.25) is 9.20 Å². The number of H-pyrrole nitrogens is 2. The second-order valence-corrected chi connectivity index (χ2v) is 3.10. The fourth-order valence-corrected chi connectivity index (χ4v) is 1.52. The molecule has 0 spiro atoms. The molecule has 0 unspecified atom stereocenters. The molecule has 3 rings (SSSR count). The minimum atomic E-state index is -0.133. The molecule has 0 saturated carbocycles. The normalized spacial score (nSPS) is 11.5. The number of fused-ring (bicyclic) bond motifs is 2. The smallest absolute Gasteiger partial charge is 0.285 e. The van der Waals surface area contributed by atoms with Crippen molar-refractivity contribution in [2.24, 2.45) is 0 Å². The highest BCUT2D eigenvalue weighted by atomic mass is 16.1. The first-order valence-electron chi connectivity index (χ1n) is 4.17. The van der Waals surface area contributed by atoms with E-state index in [0.717, 1.165) is 0 Å². The van der Waals surface area contributed by atoms with Crippen molar-refractivity contribution in [2.45, 2.75) is 6.92 Å². The van der Waals surface area contributed by atoms with E-state index in [2.05, 4.69) is 19.9 Å². The van der Waals surface area contributed by atoms with Gasteiger partial charge in [-0.1, -0.05) is 0 Å². The quantitative estimate of drug-likeness (QED) is 0.530. The second-order valence-electron chi connectivity index (χ2n) is 3.10. The van der Waals surface area contributed by atoms with Crippen LogP contribution in [-0.2, 0) is 0 Å². The van der Waals surface area contributed by atoms with E-state index >= 15 is 0 Å². The van der Waals surface area contributed by atoms with Crippen LogP contribution in [0.4, 0.5) is 0 Å². The summed E-state index contributed by atoms with van der Waals surface area (Å²) in [6.45, 7) is 1.80. The predicted octanol–water partition coefficient (Wildman–Crippen LogP) is 0.207. The second kappa shape index (κ2) is 2.22. The largest absolute Gasteiger partial charge is 0.336 e. The number of hydrogen-bond acceptors (Lipinski definition) is 3. The van der Waals surface area contributed by atoms with Crippen molar-refractivity contribution >= 4 is 16.9 Å². The zero-order chi connectivity index (χ0) is 9.71. The molecule has 0 aromatic carbocycles. The first-order valence-corrected chi connectivity index (χ1v) is 4.17. The van der Waals surface area contributed by atoms with E-state index in [4.69, 9.17) is 0 Å². The van der Waals surface area contributed by atoms with Gasteiger partial charge in [0.05, 0.1) is 0 Å². The Morgan fingerprint density at radius 1 is 1.43 bits per heavy atom. The molecule has 70 valence electrons. The van der Waals surface area contributed by atoms with Crippen molar-refractivity contribution < 1.29 is 0 Å². The van der Waals surface area contributed by atoms with E-state index < -0.39 is 0 Å². The average Bonchev–Trinajstić information content (AvgIpc) is 2.71. The maximum Gasteiger partial charge on any atom is 0.285 e. The molecular weight excluding hydrogens is 182 g/mol. The summed E-state index contributed by atoms with van der Waals surface area (Å²) < 4.78 is 1.44. The van der Waals surface area contributed by atoms with Crippen LogP contribution in [0.2, 0.25) is 0 Å². The van der Waals surface area contributed by atoms with Gasteiger partial charge in [-0.25, -0.2) is 9.97 Å². The highest BCUT2D eigenvalue weighted by molar-refractivity contribution is 5.71. The minimum absolute atomic E-state index is 0.133. The molecule has 0 aliphatic heterocycles. The maximum atomic E-state index is 11.8. The van der Waals surface area contributed by atoms with Crippen molar-refractivity contribution in [1.82, 2.24) is 24.3 Å². The van der Waals surface area contributed by atoms with Crippen molar-refractivity contribution in [2.75, 3.05) is 0 Å². The lowest BCUT2D eigenvalue weighted by molar-refractivity contribution is 1.08. The Morgan fingerprint density at radius 2 is 2.29 bits per heavy atom. The third kappa shape index (κ3) is 0.769. The molecule has 0 aliphatic rings. The van der Waals surface area contributed by atoms with Gasteiger partial charge in [-0.05, 0) is 6.92 Å². The first kappa shape index (κ1) is 7.31. The Bertz CT molecular complexity index is 674. The Kier molecular flexibility index (Phi) is 1.16. The lowest BCUT2D eigenvalue weighted by Crippen LogP contribution is -2.13. The lowest BCUT2D eigenvalue weighted by Gasteiger charge is -1.91. The summed E-state index contributed by atoms with van der Waals surface area (Å²) in [4.78, 5) is 25.8. The number of imidazole rings is 2. The minimum Gasteiger partial charge on any atom is -0.336 e. The van der Waals surface area contributed by atoms with Crippen molar-refractivity contribution in [3.63, 3.8) is 0 Å². The van der Waals surface area contributed by atoms with Crippen LogP contribution in [0.25, 0.3) is 16.9 Å². The molecule has 0 bridgehead atoms. The van der Waals surface area contributed by atoms with Gasteiger partial charge in [0.15, 0.2) is 5.65 Å². The summed E-state index contributed by atoms with van der Waals surface area (Å²) in [7, 11) is 0. The molecule has 6 heteroatoms. The summed E-state index contributed by atoms with van der Waals surface area (Å²) >= 11 is 0. The van der Waals surface area contributed by atoms with Crippen LogP contribution >= 0.6 is 0 Å². The van der Waals surface area contributed by atoms with Gasteiger partial charge in [0.2, 0.25) is 5.78 Å². The van der Waals surface area contributed by atoms with Crippen LogP contribution in [0.1, 0.15) is 5.82 Å². The molecular formula is C8H7N5O. The average molecular weight is 189 g/mol. The number of nitrogens with zero attached hydrogens (tertiary/aromatic N) is 3. The van der Waals surface area contributed by atoms with E-state index in [1.54, 1.807) is 19.3 Å². The van der Waals surface area contributed by atoms with Gasteiger partial charge in [-0.15, -0.1) is 0 Å². The van der Waals surface area contributed by atoms with Crippen LogP contribution < -0.4 is 5.56 Å². The third-order valence-corrected chi connectivity index (χ3v) is 2.13. The Morgan fingerprint density at radius 3 is 3.14 bits per heavy atom. The highest BCUT2D eigenvalue weighted by Crippen LogP contribution is 2.04. The summed E-state index contributed by atoms with van der Waals surface area (Å²) in [5.74, 6) is 1.22. The van der Waals surface area contributed by atoms with Crippen LogP contribution in [0.15, 0.2) is 17.2 Å². The van der Waals surface area contributed by atoms with Crippen molar-refractivity contribution in [3.05, 3.63) is 28.6 Å². The third-order valence-electron chi connectivity index (χ3n) is 2.13. The number of aryl methyl sites for hydroxylation is 1. The van der Waals surface area contributed by atoms with Gasteiger partial charge in [0.25, 0.3) is 5.56 Å². The molecule has 3 heterocycles. The highest BCUT2D eigenvalue weighted by Gasteiger charge is 2.07. The number of nitrogens with one attached hydrogen (secondary N) is 2. The molecule has 2 N–H and O–H groups in total. The molecule has 0 radical (unpaired) electrons. The zero-order valence-electron chi connectivity index (χ0n) is 7.40. The molecule has 14 heavy (non-hydrogen) atoms. The zero-order valence-corrected chi connectivity index (χ0v) is 7.40. The SMILES string of the molecule is Cc1nc2[nH]c3nccn3c(=O)c2[nH]1. The molecule has 0 amide bonds. The van der Waals surface area contributed by atoms with Crippen LogP contribution in [0, 0.1) is 6.92 Å². The number of hydrogen-bond donors (Lipinski definition) is 2. The molecule has 0 aliphatic carbocycles. The fourth-order valence-electron chi connectivity index (χ4n) is 1.52. The lowest BCUT2D eigenvalue weighted by atomic mass is 10.5. The Labute approximate surface area is 77.6 Å². The summed E-state index contributed by atoms with van der Waals surface area (Å²) in [6, 6.07) is 0. The van der Waals surface area contributed by atoms with Gasteiger partial charge >= 0.3 is 0 Å². The van der Waals surface area contributed by atoms with Crippen molar-refractivity contribution in [1.29, 1.82) is 0 Å². The van der Waals surface area contributed by atoms with Gasteiger partial charge in [0, 0.05) is 12.4 Å². The molecule has 3 aromatic rings. The van der Waals surface area contributed by atoms with Gasteiger partial charge in [0.1, 0.15) is 11.3 Å². The maximum absolute atomic E-state index is 11.8. The number of rotatable bonds is 0. The molecule has 6 nitrogen and oxygen atoms in total. The number of aromatic amines is 2. The van der Waals surface area contributed by atoms with Crippen LogP contribution in [0.5, 0.6) is 0 Å². The van der Waals surface area contributed by atoms with Crippen LogP contribution in [-0.4, -0.2) is 24.3 Å². The number of aromatic nitrogens is 5. The molecule has 0 saturated heterocycles. The topological polar surface area (TPSA) is 78.8 Å². The monoisotopic (exact) mass is 189 g/mol. The summed E-state index contributed by atoms with van der Waals surface area (Å²) in [5, 5.41) is 0. The van der Waals surface area contributed by atoms with Gasteiger partial charge in [-0.2, -0.15) is 0 Å². The van der Waals surface area contributed by atoms with E-state index in [1.807, 2.05) is 0 Å². The molecule has 0 atom stereocenters. The van der Waals surface area contributed by atoms with E-state index in [1.165, 1.54) is 4.40 Å².